The van der Waals surface area contributed by atoms with Crippen LogP contribution in [0.2, 0.25) is 0 Å². The number of aromatic nitrogens is 2. The standard InChI is InChI=1S/C30H41N5O3/c31-30(29(37)38)17-33(18-30)27-28(36)35(26-11-4-3-10-25(26)32-27)24-15-21-8-5-9-22(16-24)34(21)23-13-19-6-1-2-7-20(12-19)14-23/h3-4,10-11,19-24H,1-2,5-9,12-18,31H2,(H,37,38)/t19-,20+,21-,22+,23-,24-. The van der Waals surface area contributed by atoms with E-state index >= 15 is 0 Å². The summed E-state index contributed by atoms with van der Waals surface area (Å²) >= 11 is 0. The van der Waals surface area contributed by atoms with Crippen molar-refractivity contribution in [3.8, 4) is 0 Å². The van der Waals surface area contributed by atoms with Gasteiger partial charge >= 0.3 is 5.97 Å². The van der Waals surface area contributed by atoms with Gasteiger partial charge < -0.3 is 20.3 Å². The maximum Gasteiger partial charge on any atom is 0.327 e. The molecule has 4 heterocycles. The molecule has 1 aromatic heterocycles. The van der Waals surface area contributed by atoms with E-state index in [0.29, 0.717) is 23.9 Å². The summed E-state index contributed by atoms with van der Waals surface area (Å²) < 4.78 is 2.01. The Morgan fingerprint density at radius 1 is 0.868 bits per heavy atom. The summed E-state index contributed by atoms with van der Waals surface area (Å²) in [6, 6.07) is 9.83. The third-order valence-electron chi connectivity index (χ3n) is 10.6. The van der Waals surface area contributed by atoms with Crippen molar-refractivity contribution in [2.24, 2.45) is 17.6 Å². The lowest BCUT2D eigenvalue weighted by Crippen LogP contribution is -2.72. The van der Waals surface area contributed by atoms with Crippen molar-refractivity contribution >= 4 is 22.8 Å². The maximum atomic E-state index is 14.0. The number of hydrogen-bond acceptors (Lipinski definition) is 6. The van der Waals surface area contributed by atoms with Crippen LogP contribution in [0.1, 0.15) is 83.1 Å². The molecule has 8 heteroatoms. The largest absolute Gasteiger partial charge is 0.480 e. The van der Waals surface area contributed by atoms with E-state index in [2.05, 4.69) is 4.90 Å². The van der Waals surface area contributed by atoms with Crippen LogP contribution < -0.4 is 16.2 Å². The van der Waals surface area contributed by atoms with E-state index in [1.807, 2.05) is 28.8 Å². The first-order chi connectivity index (χ1) is 18.4. The summed E-state index contributed by atoms with van der Waals surface area (Å²) in [6.45, 7) is 0.216. The Morgan fingerprint density at radius 2 is 1.53 bits per heavy atom. The SMILES string of the molecule is NC1(C(=O)O)CN(c2nc3ccccc3n([C@@H]3C[C@H]4CCC[C@@H](C3)N4[C@@H]3C[C@@H]4CCCC[C@@H](C4)C3)c2=O)C1. The molecule has 38 heavy (non-hydrogen) atoms. The van der Waals surface area contributed by atoms with E-state index in [9.17, 15) is 14.7 Å². The first-order valence-electron chi connectivity index (χ1n) is 15.0. The number of hydrogen-bond donors (Lipinski definition) is 2. The molecule has 2 saturated carbocycles. The molecule has 8 nitrogen and oxygen atoms in total. The summed E-state index contributed by atoms with van der Waals surface area (Å²) in [6.07, 6.45) is 15.6. The van der Waals surface area contributed by atoms with Gasteiger partial charge in [0.05, 0.1) is 24.1 Å². The Bertz CT molecular complexity index is 1260. The number of carboxylic acids is 1. The van der Waals surface area contributed by atoms with Gasteiger partial charge in [-0.1, -0.05) is 44.2 Å². The molecule has 204 valence electrons. The Morgan fingerprint density at radius 3 is 2.18 bits per heavy atom. The number of carbonyl (C=O) groups is 1. The number of piperidine rings is 2. The number of rotatable bonds is 4. The van der Waals surface area contributed by atoms with Gasteiger partial charge in [0.25, 0.3) is 5.56 Å². The topological polar surface area (TPSA) is 105 Å². The summed E-state index contributed by atoms with van der Waals surface area (Å²) in [5, 5.41) is 9.49. The second-order valence-corrected chi connectivity index (χ2v) is 13.1. The second kappa shape index (κ2) is 9.33. The molecule has 0 amide bonds. The molecular formula is C30H41N5O3. The quantitative estimate of drug-likeness (QED) is 0.631. The summed E-state index contributed by atoms with van der Waals surface area (Å²) in [4.78, 5) is 35.0. The molecule has 1 aromatic carbocycles. The van der Waals surface area contributed by atoms with E-state index < -0.39 is 11.5 Å². The number of anilines is 1. The Kier molecular flexibility index (Phi) is 6.04. The highest BCUT2D eigenvalue weighted by Crippen LogP contribution is 2.47. The van der Waals surface area contributed by atoms with E-state index in [4.69, 9.17) is 10.7 Å². The molecule has 0 spiro atoms. The van der Waals surface area contributed by atoms with Gasteiger partial charge in [-0.15, -0.1) is 0 Å². The predicted molar refractivity (Wildman–Crippen MR) is 147 cm³/mol. The molecule has 5 aliphatic rings. The maximum absolute atomic E-state index is 14.0. The number of fused-ring (bicyclic) bond motifs is 5. The molecule has 2 aromatic rings. The predicted octanol–water partition coefficient (Wildman–Crippen LogP) is 3.92. The lowest BCUT2D eigenvalue weighted by molar-refractivity contribution is -0.144. The Balaban J connectivity index is 1.20. The molecule has 3 N–H and O–H groups in total. The fourth-order valence-electron chi connectivity index (χ4n) is 8.94. The summed E-state index contributed by atoms with van der Waals surface area (Å²) in [5.74, 6) is 1.13. The monoisotopic (exact) mass is 519 g/mol. The summed E-state index contributed by atoms with van der Waals surface area (Å²) in [7, 11) is 0. The highest BCUT2D eigenvalue weighted by atomic mass is 16.4. The summed E-state index contributed by atoms with van der Waals surface area (Å²) in [5.41, 5.74) is 6.29. The van der Waals surface area contributed by atoms with Crippen LogP contribution in [-0.2, 0) is 4.79 Å². The molecule has 4 bridgehead atoms. The van der Waals surface area contributed by atoms with Gasteiger partial charge in [-0.2, -0.15) is 0 Å². The fraction of sp³-hybridized carbons (Fsp3) is 0.700. The van der Waals surface area contributed by atoms with Gasteiger partial charge in [0, 0.05) is 24.2 Å². The normalized spacial score (nSPS) is 34.9. The molecule has 3 saturated heterocycles. The first kappa shape index (κ1) is 24.6. The van der Waals surface area contributed by atoms with Crippen molar-refractivity contribution in [2.75, 3.05) is 18.0 Å². The van der Waals surface area contributed by atoms with Crippen LogP contribution in [0.25, 0.3) is 11.0 Å². The molecule has 0 radical (unpaired) electrons. The van der Waals surface area contributed by atoms with Gasteiger partial charge in [-0.05, 0) is 68.9 Å². The van der Waals surface area contributed by atoms with E-state index in [1.54, 1.807) is 4.90 Å². The second-order valence-electron chi connectivity index (χ2n) is 13.1. The minimum absolute atomic E-state index is 0.101. The van der Waals surface area contributed by atoms with Crippen molar-refractivity contribution < 1.29 is 9.90 Å². The molecule has 3 aliphatic heterocycles. The molecule has 0 unspecified atom stereocenters. The minimum Gasteiger partial charge on any atom is -0.480 e. The van der Waals surface area contributed by atoms with Crippen LogP contribution >= 0.6 is 0 Å². The highest BCUT2D eigenvalue weighted by Gasteiger charge is 2.49. The molecule has 2 aliphatic carbocycles. The number of benzene rings is 1. The van der Waals surface area contributed by atoms with Gasteiger partial charge in [0.1, 0.15) is 5.54 Å². The van der Waals surface area contributed by atoms with Gasteiger partial charge in [0.2, 0.25) is 0 Å². The lowest BCUT2D eigenvalue weighted by Gasteiger charge is -2.54. The smallest absolute Gasteiger partial charge is 0.327 e. The number of para-hydroxylation sites is 2. The van der Waals surface area contributed by atoms with Crippen molar-refractivity contribution in [3.05, 3.63) is 34.6 Å². The molecular weight excluding hydrogens is 478 g/mol. The van der Waals surface area contributed by atoms with Crippen LogP contribution in [0.5, 0.6) is 0 Å². The number of carboxylic acid groups (broad SMARTS) is 1. The zero-order valence-electron chi connectivity index (χ0n) is 22.3. The third-order valence-corrected chi connectivity index (χ3v) is 10.6. The average Bonchev–Trinajstić information content (AvgIpc) is 3.05. The highest BCUT2D eigenvalue weighted by molar-refractivity contribution is 5.84. The Hall–Kier alpha value is -2.45. The van der Waals surface area contributed by atoms with E-state index in [0.717, 1.165) is 35.7 Å². The first-order valence-corrected chi connectivity index (χ1v) is 15.0. The van der Waals surface area contributed by atoms with Gasteiger partial charge in [-0.3, -0.25) is 14.5 Å². The third kappa shape index (κ3) is 4.06. The molecule has 5 fully saturated rings. The van der Waals surface area contributed by atoms with Crippen LogP contribution in [0, 0.1) is 11.8 Å². The average molecular weight is 520 g/mol. The van der Waals surface area contributed by atoms with Crippen molar-refractivity contribution in [3.63, 3.8) is 0 Å². The van der Waals surface area contributed by atoms with Crippen LogP contribution in [0.3, 0.4) is 0 Å². The van der Waals surface area contributed by atoms with E-state index in [1.165, 1.54) is 64.2 Å². The zero-order valence-corrected chi connectivity index (χ0v) is 22.3. The number of nitrogens with two attached hydrogens (primary N) is 1. The number of aliphatic carboxylic acids is 1. The molecule has 7 rings (SSSR count). The van der Waals surface area contributed by atoms with Gasteiger partial charge in [0.15, 0.2) is 5.82 Å². The van der Waals surface area contributed by atoms with Crippen molar-refractivity contribution in [1.82, 2.24) is 14.5 Å². The molecule has 6 atom stereocenters. The zero-order chi connectivity index (χ0) is 26.0. The van der Waals surface area contributed by atoms with Crippen molar-refractivity contribution in [2.45, 2.75) is 107 Å². The van der Waals surface area contributed by atoms with Crippen LogP contribution in [0.15, 0.2) is 29.1 Å². The van der Waals surface area contributed by atoms with Crippen molar-refractivity contribution in [1.29, 1.82) is 0 Å². The van der Waals surface area contributed by atoms with Gasteiger partial charge in [-0.25, -0.2) is 4.98 Å². The fourth-order valence-corrected chi connectivity index (χ4v) is 8.94. The Labute approximate surface area is 224 Å². The van der Waals surface area contributed by atoms with Crippen LogP contribution in [0.4, 0.5) is 5.82 Å². The van der Waals surface area contributed by atoms with E-state index in [-0.39, 0.29) is 24.7 Å². The number of nitrogens with zero attached hydrogens (tertiary/aromatic N) is 4. The minimum atomic E-state index is -1.32. The lowest BCUT2D eigenvalue weighted by atomic mass is 9.73. The van der Waals surface area contributed by atoms with Crippen LogP contribution in [-0.4, -0.2) is 62.3 Å².